The zero-order chi connectivity index (χ0) is 12.3. The maximum absolute atomic E-state index is 11.9. The molecule has 16 heavy (non-hydrogen) atoms. The number of halogens is 3. The fraction of sp³-hybridized carbons (Fsp3) is 0.400. The molecule has 6 heteroatoms. The predicted octanol–water partition coefficient (Wildman–Crippen LogP) is 3.80. The summed E-state index contributed by atoms with van der Waals surface area (Å²) in [5.41, 5.74) is 0. The van der Waals surface area contributed by atoms with Crippen molar-refractivity contribution >= 4 is 49.0 Å². The first-order chi connectivity index (χ1) is 7.36. The SMILES string of the molecule is CC(CBr)CS(=O)(=O)c1ccc(Cl)c(Cl)c1. The van der Waals surface area contributed by atoms with E-state index < -0.39 is 9.84 Å². The van der Waals surface area contributed by atoms with Gasteiger partial charge in [0, 0.05) is 5.33 Å². The molecular formula is C10H11BrCl2O2S. The van der Waals surface area contributed by atoms with Crippen molar-refractivity contribution < 1.29 is 8.42 Å². The molecular weight excluding hydrogens is 335 g/mol. The van der Waals surface area contributed by atoms with Crippen LogP contribution in [0.3, 0.4) is 0 Å². The van der Waals surface area contributed by atoms with Gasteiger partial charge < -0.3 is 0 Å². The zero-order valence-corrected chi connectivity index (χ0v) is 12.5. The second-order valence-electron chi connectivity index (χ2n) is 3.62. The first-order valence-corrected chi connectivity index (χ1v) is 8.13. The van der Waals surface area contributed by atoms with Crippen LogP contribution in [0.15, 0.2) is 23.1 Å². The smallest absolute Gasteiger partial charge is 0.178 e. The summed E-state index contributed by atoms with van der Waals surface area (Å²) in [6.07, 6.45) is 0. The van der Waals surface area contributed by atoms with Crippen LogP contribution in [0.2, 0.25) is 10.0 Å². The van der Waals surface area contributed by atoms with Crippen molar-refractivity contribution in [3.05, 3.63) is 28.2 Å². The molecule has 1 unspecified atom stereocenters. The van der Waals surface area contributed by atoms with Crippen molar-refractivity contribution in [3.63, 3.8) is 0 Å². The van der Waals surface area contributed by atoms with Gasteiger partial charge in [0.25, 0.3) is 0 Å². The number of rotatable bonds is 4. The second-order valence-corrected chi connectivity index (χ2v) is 7.11. The normalized spacial score (nSPS) is 13.8. The molecule has 0 amide bonds. The monoisotopic (exact) mass is 344 g/mol. The number of hydrogen-bond donors (Lipinski definition) is 0. The van der Waals surface area contributed by atoms with Crippen molar-refractivity contribution in [1.29, 1.82) is 0 Å². The lowest BCUT2D eigenvalue weighted by Crippen LogP contribution is -2.15. The van der Waals surface area contributed by atoms with Crippen molar-refractivity contribution in [2.75, 3.05) is 11.1 Å². The molecule has 0 bridgehead atoms. The van der Waals surface area contributed by atoms with E-state index in [0.717, 1.165) is 0 Å². The van der Waals surface area contributed by atoms with Crippen LogP contribution >= 0.6 is 39.1 Å². The first-order valence-electron chi connectivity index (χ1n) is 4.60. The fourth-order valence-corrected chi connectivity index (χ4v) is 3.71. The van der Waals surface area contributed by atoms with E-state index in [-0.39, 0.29) is 21.6 Å². The van der Waals surface area contributed by atoms with Gasteiger partial charge in [0.2, 0.25) is 0 Å². The lowest BCUT2D eigenvalue weighted by molar-refractivity contribution is 0.584. The average molecular weight is 346 g/mol. The second kappa shape index (κ2) is 5.71. The summed E-state index contributed by atoms with van der Waals surface area (Å²) < 4.78 is 23.9. The van der Waals surface area contributed by atoms with Gasteiger partial charge in [0.1, 0.15) is 0 Å². The Balaban J connectivity index is 3.03. The number of sulfone groups is 1. The molecule has 0 saturated carbocycles. The van der Waals surface area contributed by atoms with Crippen LogP contribution in [-0.4, -0.2) is 19.5 Å². The summed E-state index contributed by atoms with van der Waals surface area (Å²) in [5, 5.41) is 1.26. The Morgan fingerprint density at radius 1 is 1.31 bits per heavy atom. The molecule has 0 spiro atoms. The molecule has 0 heterocycles. The molecule has 90 valence electrons. The van der Waals surface area contributed by atoms with Crippen molar-refractivity contribution in [2.24, 2.45) is 5.92 Å². The van der Waals surface area contributed by atoms with E-state index in [2.05, 4.69) is 15.9 Å². The van der Waals surface area contributed by atoms with Crippen molar-refractivity contribution in [2.45, 2.75) is 11.8 Å². The molecule has 1 aromatic carbocycles. The third-order valence-corrected chi connectivity index (χ3v) is 5.84. The summed E-state index contributed by atoms with van der Waals surface area (Å²) in [4.78, 5) is 0.217. The number of hydrogen-bond acceptors (Lipinski definition) is 2. The van der Waals surface area contributed by atoms with Crippen LogP contribution in [0.1, 0.15) is 6.92 Å². The molecule has 0 fully saturated rings. The highest BCUT2D eigenvalue weighted by Crippen LogP contribution is 2.26. The summed E-state index contributed by atoms with van der Waals surface area (Å²) in [6, 6.07) is 4.36. The number of benzene rings is 1. The summed E-state index contributed by atoms with van der Waals surface area (Å²) in [7, 11) is -3.28. The van der Waals surface area contributed by atoms with Crippen molar-refractivity contribution in [3.8, 4) is 0 Å². The van der Waals surface area contributed by atoms with E-state index in [4.69, 9.17) is 23.2 Å². The first kappa shape index (κ1) is 14.3. The average Bonchev–Trinajstić information content (AvgIpc) is 2.21. The zero-order valence-electron chi connectivity index (χ0n) is 8.58. The van der Waals surface area contributed by atoms with E-state index >= 15 is 0 Å². The van der Waals surface area contributed by atoms with E-state index in [1.807, 2.05) is 6.92 Å². The highest BCUT2D eigenvalue weighted by atomic mass is 79.9. The van der Waals surface area contributed by atoms with Gasteiger partial charge in [-0.2, -0.15) is 0 Å². The lowest BCUT2D eigenvalue weighted by atomic mass is 10.3. The highest BCUT2D eigenvalue weighted by molar-refractivity contribution is 9.09. The fourth-order valence-electron chi connectivity index (χ4n) is 1.19. The van der Waals surface area contributed by atoms with Gasteiger partial charge in [-0.05, 0) is 24.1 Å². The van der Waals surface area contributed by atoms with Crippen LogP contribution in [0, 0.1) is 5.92 Å². The molecule has 1 aromatic rings. The third kappa shape index (κ3) is 3.62. The van der Waals surface area contributed by atoms with E-state index in [9.17, 15) is 8.42 Å². The molecule has 0 aliphatic rings. The van der Waals surface area contributed by atoms with Gasteiger partial charge in [-0.1, -0.05) is 46.1 Å². The molecule has 1 rings (SSSR count). The molecule has 0 aliphatic heterocycles. The quantitative estimate of drug-likeness (QED) is 0.778. The van der Waals surface area contributed by atoms with Crippen LogP contribution in [0.5, 0.6) is 0 Å². The molecule has 0 N–H and O–H groups in total. The van der Waals surface area contributed by atoms with Crippen LogP contribution in [0.4, 0.5) is 0 Å². The Morgan fingerprint density at radius 2 is 1.94 bits per heavy atom. The molecule has 0 radical (unpaired) electrons. The minimum absolute atomic E-state index is 0.0550. The molecule has 0 aromatic heterocycles. The molecule has 2 nitrogen and oxygen atoms in total. The van der Waals surface area contributed by atoms with Crippen molar-refractivity contribution in [1.82, 2.24) is 0 Å². The topological polar surface area (TPSA) is 34.1 Å². The third-order valence-electron chi connectivity index (χ3n) is 2.02. The molecule has 1 atom stereocenters. The van der Waals surface area contributed by atoms with Crippen LogP contribution in [0.25, 0.3) is 0 Å². The number of alkyl halides is 1. The highest BCUT2D eigenvalue weighted by Gasteiger charge is 2.18. The lowest BCUT2D eigenvalue weighted by Gasteiger charge is -2.09. The van der Waals surface area contributed by atoms with E-state index in [1.165, 1.54) is 18.2 Å². The van der Waals surface area contributed by atoms with E-state index in [1.54, 1.807) is 0 Å². The Bertz CT molecular complexity index is 474. The molecule has 0 aliphatic carbocycles. The summed E-state index contributed by atoms with van der Waals surface area (Å²) in [5.74, 6) is 0.149. The summed E-state index contributed by atoms with van der Waals surface area (Å²) in [6.45, 7) is 1.86. The minimum atomic E-state index is -3.28. The largest absolute Gasteiger partial charge is 0.224 e. The Labute approximate surface area is 114 Å². The predicted molar refractivity (Wildman–Crippen MR) is 71.5 cm³/mol. The van der Waals surface area contributed by atoms with Gasteiger partial charge in [-0.3, -0.25) is 0 Å². The van der Waals surface area contributed by atoms with Gasteiger partial charge in [0.15, 0.2) is 9.84 Å². The van der Waals surface area contributed by atoms with Gasteiger partial charge >= 0.3 is 0 Å². The standard InChI is InChI=1S/C10H11BrCl2O2S/c1-7(5-11)6-16(14,15)8-2-3-9(12)10(13)4-8/h2-4,7H,5-6H2,1H3. The van der Waals surface area contributed by atoms with Crippen LogP contribution < -0.4 is 0 Å². The van der Waals surface area contributed by atoms with Gasteiger partial charge in [0.05, 0.1) is 20.7 Å². The van der Waals surface area contributed by atoms with Crippen LogP contribution in [-0.2, 0) is 9.84 Å². The van der Waals surface area contributed by atoms with E-state index in [0.29, 0.717) is 10.4 Å². The van der Waals surface area contributed by atoms with Gasteiger partial charge in [-0.25, -0.2) is 8.42 Å². The minimum Gasteiger partial charge on any atom is -0.224 e. The maximum atomic E-state index is 11.9. The Kier molecular flexibility index (Phi) is 5.10. The van der Waals surface area contributed by atoms with Gasteiger partial charge in [-0.15, -0.1) is 0 Å². The Morgan fingerprint density at radius 3 is 2.44 bits per heavy atom. The summed E-state index contributed by atoms with van der Waals surface area (Å²) >= 11 is 14.8. The Hall–Kier alpha value is 0.230. The molecule has 0 saturated heterocycles. The maximum Gasteiger partial charge on any atom is 0.178 e.